The number of amides is 1. The summed E-state index contributed by atoms with van der Waals surface area (Å²) in [5.41, 5.74) is 3.00. The first-order valence-electron chi connectivity index (χ1n) is 10.1. The third-order valence-electron chi connectivity index (χ3n) is 5.23. The summed E-state index contributed by atoms with van der Waals surface area (Å²) in [4.78, 5) is 39.0. The van der Waals surface area contributed by atoms with E-state index in [0.717, 1.165) is 49.3 Å². The summed E-state index contributed by atoms with van der Waals surface area (Å²) in [7, 11) is 0. The predicted octanol–water partition coefficient (Wildman–Crippen LogP) is 2.22. The molecule has 10 heteroatoms. The number of para-hydroxylation sites is 2. The SMILES string of the molecule is O=C(Nc1cnccc1N1CCCNCC1)c1csc(-n2c(=O)[nH]c3ccccc32)n1. The van der Waals surface area contributed by atoms with Gasteiger partial charge in [0.05, 0.1) is 28.6 Å². The zero-order valence-corrected chi connectivity index (χ0v) is 17.5. The van der Waals surface area contributed by atoms with Crippen molar-refractivity contribution in [1.82, 2.24) is 24.8 Å². The van der Waals surface area contributed by atoms with Crippen LogP contribution in [-0.4, -0.2) is 51.6 Å². The summed E-state index contributed by atoms with van der Waals surface area (Å²) >= 11 is 1.25. The smallest absolute Gasteiger partial charge is 0.332 e. The van der Waals surface area contributed by atoms with Gasteiger partial charge in [0.25, 0.3) is 5.91 Å². The molecule has 0 aliphatic carbocycles. The van der Waals surface area contributed by atoms with E-state index in [-0.39, 0.29) is 17.3 Å². The van der Waals surface area contributed by atoms with Crippen molar-refractivity contribution in [3.63, 3.8) is 0 Å². The molecular formula is C21H21N7O2S. The molecule has 0 unspecified atom stereocenters. The van der Waals surface area contributed by atoms with Crippen molar-refractivity contribution in [2.24, 2.45) is 0 Å². The van der Waals surface area contributed by atoms with Crippen LogP contribution in [0.15, 0.2) is 52.9 Å². The predicted molar refractivity (Wildman–Crippen MR) is 121 cm³/mol. The number of H-pyrrole nitrogens is 1. The summed E-state index contributed by atoms with van der Waals surface area (Å²) in [6.07, 6.45) is 4.42. The molecule has 0 saturated carbocycles. The molecule has 4 heterocycles. The van der Waals surface area contributed by atoms with Gasteiger partial charge < -0.3 is 20.5 Å². The number of aromatic nitrogens is 4. The van der Waals surface area contributed by atoms with Gasteiger partial charge in [0.2, 0.25) is 0 Å². The molecule has 5 rings (SSSR count). The lowest BCUT2D eigenvalue weighted by Gasteiger charge is -2.24. The maximum absolute atomic E-state index is 12.9. The molecular weight excluding hydrogens is 414 g/mol. The van der Waals surface area contributed by atoms with Crippen LogP contribution in [0.5, 0.6) is 0 Å². The molecule has 3 aromatic heterocycles. The Bertz CT molecular complexity index is 1280. The van der Waals surface area contributed by atoms with Gasteiger partial charge in [0, 0.05) is 31.2 Å². The first-order valence-corrected chi connectivity index (χ1v) is 11.0. The van der Waals surface area contributed by atoms with E-state index in [1.807, 2.05) is 30.3 Å². The van der Waals surface area contributed by atoms with Gasteiger partial charge in [-0.1, -0.05) is 12.1 Å². The van der Waals surface area contributed by atoms with Gasteiger partial charge in [0.1, 0.15) is 5.69 Å². The number of nitrogens with zero attached hydrogens (tertiary/aromatic N) is 4. The highest BCUT2D eigenvalue weighted by atomic mass is 32.1. The van der Waals surface area contributed by atoms with Crippen LogP contribution in [0.1, 0.15) is 16.9 Å². The molecule has 1 aliphatic heterocycles. The van der Waals surface area contributed by atoms with E-state index < -0.39 is 0 Å². The van der Waals surface area contributed by atoms with Crippen LogP contribution >= 0.6 is 11.3 Å². The van der Waals surface area contributed by atoms with E-state index in [1.165, 1.54) is 15.9 Å². The summed E-state index contributed by atoms with van der Waals surface area (Å²) in [5.74, 6) is -0.336. The van der Waals surface area contributed by atoms with Gasteiger partial charge in [-0.3, -0.25) is 9.78 Å². The van der Waals surface area contributed by atoms with Crippen LogP contribution in [0.4, 0.5) is 11.4 Å². The standard InChI is InChI=1S/C21H21N7O2S/c29-19(24-15-12-23-8-6-17(15)27-10-3-7-22-9-11-27)16-13-31-21(26-16)28-18-5-2-1-4-14(18)25-20(28)30/h1-2,4-6,8,12-13,22H,3,7,9-11H2,(H,24,29)(H,25,30). The Labute approximate surface area is 181 Å². The fourth-order valence-corrected chi connectivity index (χ4v) is 4.56. The summed E-state index contributed by atoms with van der Waals surface area (Å²) in [6.45, 7) is 3.64. The van der Waals surface area contributed by atoms with Crippen LogP contribution in [0.2, 0.25) is 0 Å². The van der Waals surface area contributed by atoms with Gasteiger partial charge in [-0.2, -0.15) is 0 Å². The number of pyridine rings is 1. The van der Waals surface area contributed by atoms with Gasteiger partial charge in [0.15, 0.2) is 5.13 Å². The lowest BCUT2D eigenvalue weighted by Crippen LogP contribution is -2.29. The van der Waals surface area contributed by atoms with Crippen molar-refractivity contribution in [3.05, 3.63) is 64.3 Å². The molecule has 1 aromatic carbocycles. The highest BCUT2D eigenvalue weighted by Gasteiger charge is 2.19. The van der Waals surface area contributed by atoms with Crippen molar-refractivity contribution in [3.8, 4) is 5.13 Å². The first kappa shape index (κ1) is 19.5. The number of carbonyl (C=O) groups excluding carboxylic acids is 1. The van der Waals surface area contributed by atoms with E-state index in [9.17, 15) is 9.59 Å². The molecule has 0 spiro atoms. The minimum atomic E-state index is -0.336. The van der Waals surface area contributed by atoms with Crippen molar-refractivity contribution in [2.75, 3.05) is 36.4 Å². The van der Waals surface area contributed by atoms with Gasteiger partial charge in [-0.05, 0) is 31.2 Å². The second kappa shape index (κ2) is 8.32. The molecule has 31 heavy (non-hydrogen) atoms. The zero-order chi connectivity index (χ0) is 21.2. The summed E-state index contributed by atoms with van der Waals surface area (Å²) in [5, 5.41) is 8.42. The van der Waals surface area contributed by atoms with E-state index >= 15 is 0 Å². The second-order valence-corrected chi connectivity index (χ2v) is 8.07. The number of hydrogen-bond donors (Lipinski definition) is 3. The van der Waals surface area contributed by atoms with Crippen molar-refractivity contribution in [1.29, 1.82) is 0 Å². The van der Waals surface area contributed by atoms with Gasteiger partial charge >= 0.3 is 5.69 Å². The minimum absolute atomic E-state index is 0.254. The average molecular weight is 436 g/mol. The maximum atomic E-state index is 12.9. The van der Waals surface area contributed by atoms with E-state index in [0.29, 0.717) is 10.8 Å². The third-order valence-corrected chi connectivity index (χ3v) is 6.06. The molecule has 1 saturated heterocycles. The Morgan fingerprint density at radius 1 is 1.16 bits per heavy atom. The summed E-state index contributed by atoms with van der Waals surface area (Å²) in [6, 6.07) is 9.30. The monoisotopic (exact) mass is 435 g/mol. The first-order chi connectivity index (χ1) is 15.2. The number of carbonyl (C=O) groups is 1. The maximum Gasteiger partial charge on any atom is 0.332 e. The molecule has 0 atom stereocenters. The number of fused-ring (bicyclic) bond motifs is 1. The lowest BCUT2D eigenvalue weighted by molar-refractivity contribution is 0.102. The third kappa shape index (κ3) is 3.82. The van der Waals surface area contributed by atoms with Crippen LogP contribution in [0, 0.1) is 0 Å². The quantitative estimate of drug-likeness (QED) is 0.454. The largest absolute Gasteiger partial charge is 0.368 e. The molecule has 9 nitrogen and oxygen atoms in total. The molecule has 0 radical (unpaired) electrons. The van der Waals surface area contributed by atoms with Gasteiger partial charge in [-0.15, -0.1) is 11.3 Å². The minimum Gasteiger partial charge on any atom is -0.368 e. The topological polar surface area (TPSA) is 108 Å². The van der Waals surface area contributed by atoms with Crippen LogP contribution < -0.4 is 21.2 Å². The number of imidazole rings is 1. The van der Waals surface area contributed by atoms with Crippen LogP contribution in [-0.2, 0) is 0 Å². The normalized spacial score (nSPS) is 14.5. The van der Waals surface area contributed by atoms with Crippen LogP contribution in [0.25, 0.3) is 16.2 Å². The van der Waals surface area contributed by atoms with Crippen molar-refractivity contribution >= 4 is 39.7 Å². The number of rotatable bonds is 4. The fourth-order valence-electron chi connectivity index (χ4n) is 3.75. The Balaban J connectivity index is 1.41. The molecule has 158 valence electrons. The molecule has 4 aromatic rings. The molecule has 1 fully saturated rings. The number of hydrogen-bond acceptors (Lipinski definition) is 7. The number of aromatic amines is 1. The number of nitrogens with one attached hydrogen (secondary N) is 3. The van der Waals surface area contributed by atoms with E-state index in [4.69, 9.17) is 0 Å². The molecule has 1 amide bonds. The Morgan fingerprint density at radius 3 is 3.00 bits per heavy atom. The second-order valence-electron chi connectivity index (χ2n) is 7.24. The Morgan fingerprint density at radius 2 is 2.06 bits per heavy atom. The number of thiazole rings is 1. The summed E-state index contributed by atoms with van der Waals surface area (Å²) < 4.78 is 1.48. The zero-order valence-electron chi connectivity index (χ0n) is 16.7. The van der Waals surface area contributed by atoms with E-state index in [1.54, 1.807) is 17.8 Å². The van der Waals surface area contributed by atoms with Crippen LogP contribution in [0.3, 0.4) is 0 Å². The Kier molecular flexibility index (Phi) is 5.23. The molecule has 0 bridgehead atoms. The Hall–Kier alpha value is -3.50. The fraction of sp³-hybridized carbons (Fsp3) is 0.238. The molecule has 1 aliphatic rings. The highest BCUT2D eigenvalue weighted by molar-refractivity contribution is 7.12. The number of anilines is 2. The lowest BCUT2D eigenvalue weighted by atomic mass is 10.2. The van der Waals surface area contributed by atoms with E-state index in [2.05, 4.69) is 30.5 Å². The molecule has 3 N–H and O–H groups in total. The van der Waals surface area contributed by atoms with Crippen molar-refractivity contribution < 1.29 is 4.79 Å². The van der Waals surface area contributed by atoms with Gasteiger partial charge in [-0.25, -0.2) is 14.3 Å². The number of benzene rings is 1. The average Bonchev–Trinajstić information content (AvgIpc) is 3.28. The highest BCUT2D eigenvalue weighted by Crippen LogP contribution is 2.26. The van der Waals surface area contributed by atoms with Crippen molar-refractivity contribution in [2.45, 2.75) is 6.42 Å².